The van der Waals surface area contributed by atoms with Crippen molar-refractivity contribution >= 4 is 15.9 Å². The molecule has 0 spiro atoms. The van der Waals surface area contributed by atoms with Crippen molar-refractivity contribution in [2.45, 2.75) is 24.3 Å². The largest absolute Gasteiger partial charge is 0.490 e. The summed E-state index contributed by atoms with van der Waals surface area (Å²) in [4.78, 5) is 12.1. The van der Waals surface area contributed by atoms with E-state index in [0.29, 0.717) is 24.7 Å². The molecule has 1 aliphatic rings. The fourth-order valence-corrected chi connectivity index (χ4v) is 3.20. The fraction of sp³-hybridized carbons (Fsp3) is 0.278. The Hall–Kier alpha value is -2.65. The maximum Gasteiger partial charge on any atom is 0.254 e. The SMILES string of the molecule is C[C@H](NC(=O)c1cc(S(N)(=O)=O)ccc1F)c1ccc2c(c1)OCCCO2. The average molecular weight is 394 g/mol. The second-order valence-corrected chi connectivity index (χ2v) is 7.70. The quantitative estimate of drug-likeness (QED) is 0.826. The van der Waals surface area contributed by atoms with Gasteiger partial charge in [-0.3, -0.25) is 4.79 Å². The summed E-state index contributed by atoms with van der Waals surface area (Å²) < 4.78 is 48.0. The standard InChI is InChI=1S/C18H19FN2O5S/c1-11(12-3-6-16-17(9-12)26-8-2-7-25-16)21-18(22)14-10-13(27(20,23)24)4-5-15(14)19/h3-6,9-11H,2,7-8H2,1H3,(H,21,22)(H2,20,23,24)/t11-/m0/s1. The number of ether oxygens (including phenoxy) is 2. The number of benzene rings is 2. The monoisotopic (exact) mass is 394 g/mol. The zero-order valence-electron chi connectivity index (χ0n) is 14.6. The summed E-state index contributed by atoms with van der Waals surface area (Å²) in [7, 11) is -4.05. The molecule has 0 fully saturated rings. The summed E-state index contributed by atoms with van der Waals surface area (Å²) in [6.45, 7) is 2.82. The Kier molecular flexibility index (Phi) is 5.33. The number of nitrogens with one attached hydrogen (secondary N) is 1. The Morgan fingerprint density at radius 2 is 1.85 bits per heavy atom. The molecule has 0 unspecified atom stereocenters. The highest BCUT2D eigenvalue weighted by molar-refractivity contribution is 7.89. The minimum absolute atomic E-state index is 0.336. The third-order valence-corrected chi connectivity index (χ3v) is 5.04. The highest BCUT2D eigenvalue weighted by Gasteiger charge is 2.20. The number of rotatable bonds is 4. The van der Waals surface area contributed by atoms with Crippen LogP contribution < -0.4 is 19.9 Å². The van der Waals surface area contributed by atoms with Gasteiger partial charge >= 0.3 is 0 Å². The van der Waals surface area contributed by atoms with Crippen molar-refractivity contribution in [3.05, 3.63) is 53.3 Å². The average Bonchev–Trinajstić information content (AvgIpc) is 2.85. The van der Waals surface area contributed by atoms with Gasteiger partial charge in [0.1, 0.15) is 5.82 Å². The van der Waals surface area contributed by atoms with Crippen molar-refractivity contribution in [3.8, 4) is 11.5 Å². The lowest BCUT2D eigenvalue weighted by Gasteiger charge is -2.17. The van der Waals surface area contributed by atoms with E-state index in [0.717, 1.165) is 30.2 Å². The van der Waals surface area contributed by atoms with Gasteiger partial charge in [-0.2, -0.15) is 0 Å². The predicted octanol–water partition coefficient (Wildman–Crippen LogP) is 2.13. The van der Waals surface area contributed by atoms with Crippen molar-refractivity contribution < 1.29 is 27.1 Å². The lowest BCUT2D eigenvalue weighted by atomic mass is 10.1. The number of primary sulfonamides is 1. The molecule has 0 radical (unpaired) electrons. The Labute approximate surface area is 156 Å². The summed E-state index contributed by atoms with van der Waals surface area (Å²) in [5, 5.41) is 7.68. The molecular formula is C18H19FN2O5S. The Morgan fingerprint density at radius 3 is 2.56 bits per heavy atom. The molecule has 9 heteroatoms. The molecule has 0 aliphatic carbocycles. The first-order chi connectivity index (χ1) is 12.8. The lowest BCUT2D eigenvalue weighted by molar-refractivity contribution is 0.0935. The molecule has 0 aromatic heterocycles. The predicted molar refractivity (Wildman–Crippen MR) is 95.7 cm³/mol. The van der Waals surface area contributed by atoms with E-state index < -0.39 is 33.4 Å². The Balaban J connectivity index is 1.81. The van der Waals surface area contributed by atoms with Gasteiger partial charge in [0.25, 0.3) is 5.91 Å². The molecule has 0 bridgehead atoms. The Bertz CT molecular complexity index is 978. The van der Waals surface area contributed by atoms with E-state index in [9.17, 15) is 17.6 Å². The molecular weight excluding hydrogens is 375 g/mol. The van der Waals surface area contributed by atoms with Crippen LogP contribution in [0.4, 0.5) is 4.39 Å². The van der Waals surface area contributed by atoms with E-state index >= 15 is 0 Å². The van der Waals surface area contributed by atoms with E-state index in [4.69, 9.17) is 14.6 Å². The Morgan fingerprint density at radius 1 is 1.15 bits per heavy atom. The molecule has 3 N–H and O–H groups in total. The van der Waals surface area contributed by atoms with Crippen molar-refractivity contribution in [1.29, 1.82) is 0 Å². The molecule has 2 aromatic carbocycles. The number of nitrogens with two attached hydrogens (primary N) is 1. The molecule has 7 nitrogen and oxygen atoms in total. The van der Waals surface area contributed by atoms with Gasteiger partial charge in [-0.1, -0.05) is 6.07 Å². The van der Waals surface area contributed by atoms with Crippen LogP contribution in [0.1, 0.15) is 35.3 Å². The maximum absolute atomic E-state index is 14.0. The van der Waals surface area contributed by atoms with Gasteiger partial charge in [0.2, 0.25) is 10.0 Å². The van der Waals surface area contributed by atoms with E-state index in [-0.39, 0.29) is 4.90 Å². The van der Waals surface area contributed by atoms with Crippen molar-refractivity contribution in [2.75, 3.05) is 13.2 Å². The van der Waals surface area contributed by atoms with E-state index in [1.54, 1.807) is 25.1 Å². The summed E-state index contributed by atoms with van der Waals surface area (Å²) in [6.07, 6.45) is 0.774. The van der Waals surface area contributed by atoms with Crippen LogP contribution in [-0.2, 0) is 10.0 Å². The first kappa shape index (κ1) is 19.1. The van der Waals surface area contributed by atoms with Crippen LogP contribution in [0, 0.1) is 5.82 Å². The number of hydrogen-bond donors (Lipinski definition) is 2. The van der Waals surface area contributed by atoms with Crippen LogP contribution in [0.25, 0.3) is 0 Å². The maximum atomic E-state index is 14.0. The first-order valence-electron chi connectivity index (χ1n) is 8.28. The van der Waals surface area contributed by atoms with Crippen LogP contribution in [-0.4, -0.2) is 27.5 Å². The van der Waals surface area contributed by atoms with Crippen molar-refractivity contribution in [2.24, 2.45) is 5.14 Å². The lowest BCUT2D eigenvalue weighted by Crippen LogP contribution is -2.28. The topological polar surface area (TPSA) is 108 Å². The molecule has 0 saturated heterocycles. The molecule has 144 valence electrons. The molecule has 0 saturated carbocycles. The van der Waals surface area contributed by atoms with Gasteiger partial charge in [0, 0.05) is 6.42 Å². The van der Waals surface area contributed by atoms with Crippen molar-refractivity contribution in [3.63, 3.8) is 0 Å². The van der Waals surface area contributed by atoms with Gasteiger partial charge in [-0.25, -0.2) is 17.9 Å². The molecule has 3 rings (SSSR count). The summed E-state index contributed by atoms with van der Waals surface area (Å²) in [5.74, 6) is -0.390. The van der Waals surface area contributed by atoms with Crippen LogP contribution in [0.5, 0.6) is 11.5 Å². The number of hydrogen-bond acceptors (Lipinski definition) is 5. The number of carbonyl (C=O) groups is 1. The number of carbonyl (C=O) groups excluding carboxylic acids is 1. The van der Waals surface area contributed by atoms with Gasteiger partial charge in [-0.05, 0) is 42.8 Å². The number of halogens is 1. The number of sulfonamides is 1. The van der Waals surface area contributed by atoms with E-state index in [1.165, 1.54) is 0 Å². The second-order valence-electron chi connectivity index (χ2n) is 6.14. The van der Waals surface area contributed by atoms with E-state index in [1.807, 2.05) is 0 Å². The highest BCUT2D eigenvalue weighted by atomic mass is 32.2. The summed E-state index contributed by atoms with van der Waals surface area (Å²) in [6, 6.07) is 7.62. The summed E-state index contributed by atoms with van der Waals surface area (Å²) in [5.41, 5.74) is 0.332. The molecule has 2 aromatic rings. The molecule has 27 heavy (non-hydrogen) atoms. The molecule has 1 heterocycles. The van der Waals surface area contributed by atoms with Crippen molar-refractivity contribution in [1.82, 2.24) is 5.32 Å². The fourth-order valence-electron chi connectivity index (χ4n) is 2.66. The molecule has 1 amide bonds. The number of fused-ring (bicyclic) bond motifs is 1. The first-order valence-corrected chi connectivity index (χ1v) is 9.83. The van der Waals surface area contributed by atoms with Crippen LogP contribution in [0.15, 0.2) is 41.3 Å². The highest BCUT2D eigenvalue weighted by Crippen LogP contribution is 2.32. The minimum atomic E-state index is -4.05. The third-order valence-electron chi connectivity index (χ3n) is 4.13. The van der Waals surface area contributed by atoms with Gasteiger partial charge < -0.3 is 14.8 Å². The number of amides is 1. The van der Waals surface area contributed by atoms with Crippen LogP contribution in [0.3, 0.4) is 0 Å². The minimum Gasteiger partial charge on any atom is -0.490 e. The molecule has 1 atom stereocenters. The van der Waals surface area contributed by atoms with Gasteiger partial charge in [-0.15, -0.1) is 0 Å². The summed E-state index contributed by atoms with van der Waals surface area (Å²) >= 11 is 0. The zero-order chi connectivity index (χ0) is 19.6. The van der Waals surface area contributed by atoms with Gasteiger partial charge in [0.15, 0.2) is 11.5 Å². The van der Waals surface area contributed by atoms with E-state index in [2.05, 4.69) is 5.32 Å². The van der Waals surface area contributed by atoms with Crippen LogP contribution >= 0.6 is 0 Å². The second kappa shape index (κ2) is 7.53. The van der Waals surface area contributed by atoms with Gasteiger partial charge in [0.05, 0.1) is 29.7 Å². The van der Waals surface area contributed by atoms with Crippen LogP contribution in [0.2, 0.25) is 0 Å². The third kappa shape index (κ3) is 4.37. The smallest absolute Gasteiger partial charge is 0.254 e. The zero-order valence-corrected chi connectivity index (χ0v) is 15.4. The normalized spacial score (nSPS) is 14.9. The molecule has 1 aliphatic heterocycles.